The number of nitrogens with zero attached hydrogens (tertiary/aromatic N) is 3. The fourth-order valence-electron chi connectivity index (χ4n) is 2.03. The lowest BCUT2D eigenvalue weighted by molar-refractivity contribution is 0.628. The van der Waals surface area contributed by atoms with E-state index in [0.29, 0.717) is 16.5 Å². The second-order valence-electron chi connectivity index (χ2n) is 5.00. The van der Waals surface area contributed by atoms with E-state index in [9.17, 15) is 4.39 Å². The number of rotatable bonds is 4. The van der Waals surface area contributed by atoms with Crippen LogP contribution >= 0.6 is 23.2 Å². The van der Waals surface area contributed by atoms with Gasteiger partial charge in [0.15, 0.2) is 5.82 Å². The molecule has 122 valence electrons. The Balaban J connectivity index is 1.79. The summed E-state index contributed by atoms with van der Waals surface area (Å²) in [5, 5.41) is 14.5. The fraction of sp³-hybridized carbons (Fsp3) is 0.0625. The highest BCUT2D eigenvalue weighted by Gasteiger charge is 2.06. The summed E-state index contributed by atoms with van der Waals surface area (Å²) in [6, 6.07) is 9.73. The molecule has 0 saturated heterocycles. The molecule has 3 aromatic rings. The highest BCUT2D eigenvalue weighted by atomic mass is 35.5. The van der Waals surface area contributed by atoms with Crippen molar-refractivity contribution >= 4 is 46.3 Å². The lowest BCUT2D eigenvalue weighted by Crippen LogP contribution is -2.03. The Morgan fingerprint density at radius 1 is 1.04 bits per heavy atom. The zero-order chi connectivity index (χ0) is 17.1. The number of anilines is 4. The van der Waals surface area contributed by atoms with Gasteiger partial charge < -0.3 is 10.6 Å². The van der Waals surface area contributed by atoms with Gasteiger partial charge in [0, 0.05) is 16.4 Å². The largest absolute Gasteiger partial charge is 0.339 e. The standard InChI is InChI=1S/C16H12Cl2FN5/c1-9-6-10(17)2-5-14(9)22-15-8-20-24-16(23-15)21-11-3-4-13(19)12(18)7-11/h2-8H,1H3,(H2,21,22,23,24). The van der Waals surface area contributed by atoms with Crippen molar-refractivity contribution in [1.82, 2.24) is 15.2 Å². The van der Waals surface area contributed by atoms with E-state index in [2.05, 4.69) is 25.8 Å². The van der Waals surface area contributed by atoms with Crippen LogP contribution in [0.25, 0.3) is 0 Å². The summed E-state index contributed by atoms with van der Waals surface area (Å²) in [6.07, 6.45) is 1.50. The van der Waals surface area contributed by atoms with Crippen molar-refractivity contribution in [3.8, 4) is 0 Å². The maximum Gasteiger partial charge on any atom is 0.249 e. The predicted molar refractivity (Wildman–Crippen MR) is 94.0 cm³/mol. The van der Waals surface area contributed by atoms with Gasteiger partial charge in [0.25, 0.3) is 0 Å². The highest BCUT2D eigenvalue weighted by Crippen LogP contribution is 2.24. The maximum atomic E-state index is 13.2. The molecule has 0 fully saturated rings. The molecule has 0 radical (unpaired) electrons. The quantitative estimate of drug-likeness (QED) is 0.673. The molecule has 0 aliphatic rings. The average molecular weight is 364 g/mol. The van der Waals surface area contributed by atoms with Crippen LogP contribution in [0.15, 0.2) is 42.6 Å². The fourth-order valence-corrected chi connectivity index (χ4v) is 2.43. The number of benzene rings is 2. The lowest BCUT2D eigenvalue weighted by Gasteiger charge is -2.10. The summed E-state index contributed by atoms with van der Waals surface area (Å²) in [5.74, 6) is 0.273. The SMILES string of the molecule is Cc1cc(Cl)ccc1Nc1cnnc(Nc2ccc(F)c(Cl)c2)n1. The van der Waals surface area contributed by atoms with Crippen molar-refractivity contribution < 1.29 is 4.39 Å². The van der Waals surface area contributed by atoms with Crippen LogP contribution in [-0.4, -0.2) is 15.2 Å². The van der Waals surface area contributed by atoms with Crippen molar-refractivity contribution in [1.29, 1.82) is 0 Å². The van der Waals surface area contributed by atoms with Crippen LogP contribution in [-0.2, 0) is 0 Å². The molecule has 0 unspecified atom stereocenters. The van der Waals surface area contributed by atoms with Gasteiger partial charge in [-0.1, -0.05) is 23.2 Å². The first kappa shape index (κ1) is 16.4. The number of aromatic nitrogens is 3. The molecule has 0 bridgehead atoms. The predicted octanol–water partition coefficient (Wildman–Crippen LogP) is 5.11. The molecule has 24 heavy (non-hydrogen) atoms. The van der Waals surface area contributed by atoms with Crippen LogP contribution in [0.3, 0.4) is 0 Å². The third kappa shape index (κ3) is 3.90. The summed E-state index contributed by atoms with van der Waals surface area (Å²) in [5.41, 5.74) is 2.39. The molecule has 0 spiro atoms. The molecule has 0 atom stereocenters. The first-order valence-corrected chi connectivity index (χ1v) is 7.72. The van der Waals surface area contributed by atoms with Gasteiger partial charge in [-0.2, -0.15) is 10.1 Å². The topological polar surface area (TPSA) is 62.7 Å². The van der Waals surface area contributed by atoms with Crippen LogP contribution in [0.4, 0.5) is 27.5 Å². The van der Waals surface area contributed by atoms with Crippen molar-refractivity contribution in [3.05, 3.63) is 64.0 Å². The summed E-state index contributed by atoms with van der Waals surface area (Å²) in [6.45, 7) is 1.93. The minimum Gasteiger partial charge on any atom is -0.339 e. The molecule has 1 aromatic heterocycles. The van der Waals surface area contributed by atoms with Gasteiger partial charge in [-0.15, -0.1) is 5.10 Å². The van der Waals surface area contributed by atoms with Gasteiger partial charge in [0.2, 0.25) is 5.95 Å². The lowest BCUT2D eigenvalue weighted by atomic mass is 10.2. The number of nitrogens with one attached hydrogen (secondary N) is 2. The summed E-state index contributed by atoms with van der Waals surface area (Å²) >= 11 is 11.7. The van der Waals surface area contributed by atoms with Crippen LogP contribution in [0.2, 0.25) is 10.0 Å². The molecule has 3 rings (SSSR count). The van der Waals surface area contributed by atoms with E-state index < -0.39 is 5.82 Å². The molecule has 2 aromatic carbocycles. The molecule has 2 N–H and O–H groups in total. The van der Waals surface area contributed by atoms with E-state index in [1.54, 1.807) is 6.07 Å². The van der Waals surface area contributed by atoms with Gasteiger partial charge in [-0.05, 0) is 48.9 Å². The van der Waals surface area contributed by atoms with Gasteiger partial charge >= 0.3 is 0 Å². The van der Waals surface area contributed by atoms with E-state index >= 15 is 0 Å². The van der Waals surface area contributed by atoms with E-state index in [0.717, 1.165) is 11.3 Å². The van der Waals surface area contributed by atoms with Crippen LogP contribution in [0.1, 0.15) is 5.56 Å². The molecular formula is C16H12Cl2FN5. The van der Waals surface area contributed by atoms with E-state index in [-0.39, 0.29) is 11.0 Å². The third-order valence-electron chi connectivity index (χ3n) is 3.19. The molecule has 0 amide bonds. The first-order chi connectivity index (χ1) is 11.5. The van der Waals surface area contributed by atoms with Gasteiger partial charge in [0.1, 0.15) is 5.82 Å². The second-order valence-corrected chi connectivity index (χ2v) is 5.85. The number of halogens is 3. The molecule has 0 aliphatic heterocycles. The second kappa shape index (κ2) is 6.98. The van der Waals surface area contributed by atoms with Crippen molar-refractivity contribution in [2.24, 2.45) is 0 Å². The van der Waals surface area contributed by atoms with Crippen LogP contribution < -0.4 is 10.6 Å². The Morgan fingerprint density at radius 3 is 2.62 bits per heavy atom. The zero-order valence-corrected chi connectivity index (χ0v) is 14.0. The summed E-state index contributed by atoms with van der Waals surface area (Å²) < 4.78 is 13.2. The Kier molecular flexibility index (Phi) is 4.78. The van der Waals surface area contributed by atoms with Crippen molar-refractivity contribution in [2.45, 2.75) is 6.92 Å². The Bertz CT molecular complexity index is 888. The number of aryl methyl sites for hydroxylation is 1. The Morgan fingerprint density at radius 2 is 1.88 bits per heavy atom. The van der Waals surface area contributed by atoms with Gasteiger partial charge in [-0.25, -0.2) is 4.39 Å². The summed E-state index contributed by atoms with van der Waals surface area (Å²) in [7, 11) is 0. The van der Waals surface area contributed by atoms with Crippen LogP contribution in [0.5, 0.6) is 0 Å². The van der Waals surface area contributed by atoms with Crippen molar-refractivity contribution in [2.75, 3.05) is 10.6 Å². The van der Waals surface area contributed by atoms with Crippen molar-refractivity contribution in [3.63, 3.8) is 0 Å². The number of hydrogen-bond donors (Lipinski definition) is 2. The zero-order valence-electron chi connectivity index (χ0n) is 12.5. The molecule has 5 nitrogen and oxygen atoms in total. The minimum absolute atomic E-state index is 0.0130. The monoisotopic (exact) mass is 363 g/mol. The minimum atomic E-state index is -0.491. The Hall–Kier alpha value is -2.44. The molecule has 8 heteroatoms. The molecule has 0 saturated carbocycles. The average Bonchev–Trinajstić information content (AvgIpc) is 2.54. The van der Waals surface area contributed by atoms with Gasteiger partial charge in [-0.3, -0.25) is 0 Å². The van der Waals surface area contributed by atoms with E-state index in [1.165, 1.54) is 24.4 Å². The molecular weight excluding hydrogens is 352 g/mol. The smallest absolute Gasteiger partial charge is 0.249 e. The van der Waals surface area contributed by atoms with E-state index in [1.807, 2.05) is 19.1 Å². The Labute approximate surface area is 147 Å². The highest BCUT2D eigenvalue weighted by molar-refractivity contribution is 6.31. The first-order valence-electron chi connectivity index (χ1n) is 6.96. The molecule has 1 heterocycles. The number of hydrogen-bond acceptors (Lipinski definition) is 5. The van der Waals surface area contributed by atoms with Crippen LogP contribution in [0, 0.1) is 12.7 Å². The van der Waals surface area contributed by atoms with E-state index in [4.69, 9.17) is 23.2 Å². The third-order valence-corrected chi connectivity index (χ3v) is 3.71. The normalized spacial score (nSPS) is 10.5. The summed E-state index contributed by atoms with van der Waals surface area (Å²) in [4.78, 5) is 4.31. The molecule has 0 aliphatic carbocycles. The van der Waals surface area contributed by atoms with Gasteiger partial charge in [0.05, 0.1) is 11.2 Å². The maximum absolute atomic E-state index is 13.2.